The lowest BCUT2D eigenvalue weighted by molar-refractivity contribution is -0.143. The Hall–Kier alpha value is -0.790. The smallest absolute Gasteiger partial charge is 0.247 e. The van der Waals surface area contributed by atoms with E-state index >= 15 is 0 Å². The van der Waals surface area contributed by atoms with Crippen molar-refractivity contribution in [1.29, 1.82) is 0 Å². The van der Waals surface area contributed by atoms with E-state index in [1.807, 2.05) is 26.0 Å². The maximum atomic E-state index is 9.94. The van der Waals surface area contributed by atoms with Crippen LogP contribution >= 0.6 is 0 Å². The molecule has 9 heavy (non-hydrogen) atoms. The van der Waals surface area contributed by atoms with Gasteiger partial charge in [-0.15, -0.1) is 0 Å². The number of rotatable bonds is 3. The fourth-order valence-electron chi connectivity index (χ4n) is 0.659. The van der Waals surface area contributed by atoms with Crippen LogP contribution in [0, 0.1) is 5.92 Å². The Bertz CT molecular complexity index is 116. The highest BCUT2D eigenvalue weighted by Crippen LogP contribution is 2.02. The van der Waals surface area contributed by atoms with E-state index in [1.165, 1.54) is 0 Å². The molecule has 0 spiro atoms. The first-order valence-corrected chi connectivity index (χ1v) is 2.99. The summed E-state index contributed by atoms with van der Waals surface area (Å²) < 4.78 is 0. The van der Waals surface area contributed by atoms with Crippen LogP contribution in [0.3, 0.4) is 0 Å². The van der Waals surface area contributed by atoms with Crippen LogP contribution in [-0.4, -0.2) is 5.97 Å². The zero-order chi connectivity index (χ0) is 7.28. The molecule has 0 aromatic heterocycles. The van der Waals surface area contributed by atoms with Crippen molar-refractivity contribution in [2.45, 2.75) is 20.3 Å². The summed E-state index contributed by atoms with van der Waals surface area (Å²) in [5.41, 5.74) is 0. The average Bonchev–Trinajstić information content (AvgIpc) is 1.63. The van der Waals surface area contributed by atoms with Gasteiger partial charge in [-0.25, -0.2) is 9.90 Å². The highest BCUT2D eigenvalue weighted by Gasteiger charge is 2.03. The van der Waals surface area contributed by atoms with Crippen molar-refractivity contribution in [3.05, 3.63) is 12.2 Å². The predicted molar refractivity (Wildman–Crippen MR) is 34.3 cm³/mol. The monoisotopic (exact) mass is 127 g/mol. The van der Waals surface area contributed by atoms with Crippen LogP contribution in [0.4, 0.5) is 0 Å². The summed E-state index contributed by atoms with van der Waals surface area (Å²) in [4.78, 5) is 9.94. The second-order valence-corrected chi connectivity index (χ2v) is 2.08. The van der Waals surface area contributed by atoms with Crippen molar-refractivity contribution in [2.24, 2.45) is 5.92 Å². The molecule has 0 saturated carbocycles. The predicted octanol–water partition coefficient (Wildman–Crippen LogP) is 1.55. The van der Waals surface area contributed by atoms with E-state index in [0.717, 1.165) is 0 Å². The number of hydrogen-bond donors (Lipinski definition) is 0. The quantitative estimate of drug-likeness (QED) is 0.530. The lowest BCUT2D eigenvalue weighted by atomic mass is 10.1. The summed E-state index contributed by atoms with van der Waals surface area (Å²) in [6.45, 7) is 3.71. The van der Waals surface area contributed by atoms with E-state index < -0.39 is 5.97 Å². The molecule has 0 aliphatic rings. The summed E-state index contributed by atoms with van der Waals surface area (Å²) in [6, 6.07) is 0. The van der Waals surface area contributed by atoms with E-state index in [9.17, 15) is 9.90 Å². The van der Waals surface area contributed by atoms with Gasteiger partial charge in [0, 0.05) is 0 Å². The van der Waals surface area contributed by atoms with Crippen molar-refractivity contribution in [3.63, 3.8) is 0 Å². The molecular weight excluding hydrogens is 116 g/mol. The molecule has 1 unspecified atom stereocenters. The van der Waals surface area contributed by atoms with Crippen LogP contribution in [0.5, 0.6) is 0 Å². The van der Waals surface area contributed by atoms with Gasteiger partial charge in [0.2, 0.25) is 0 Å². The molecule has 0 aliphatic carbocycles. The molecule has 2 nitrogen and oxygen atoms in total. The molecule has 0 bridgehead atoms. The van der Waals surface area contributed by atoms with Gasteiger partial charge in [-0.2, -0.15) is 0 Å². The van der Waals surface area contributed by atoms with Crippen LogP contribution in [0.2, 0.25) is 0 Å². The minimum Gasteiger partial charge on any atom is -0.247 e. The Balaban J connectivity index is 3.50. The highest BCUT2D eigenvalue weighted by atomic mass is 16.4. The first-order chi connectivity index (χ1) is 4.16. The molecule has 0 aliphatic heterocycles. The molecule has 0 rings (SSSR count). The standard InChI is InChI=1S/C7H11O2/c1-3-4-6(2)5-7(8)9/h3-4,6H,5H2,1-2H3. The molecule has 51 valence electrons. The Kier molecular flexibility index (Phi) is 3.76. The van der Waals surface area contributed by atoms with E-state index in [4.69, 9.17) is 0 Å². The van der Waals surface area contributed by atoms with E-state index in [2.05, 4.69) is 0 Å². The van der Waals surface area contributed by atoms with Gasteiger partial charge in [0.25, 0.3) is 0 Å². The van der Waals surface area contributed by atoms with Crippen molar-refractivity contribution < 1.29 is 9.90 Å². The maximum absolute atomic E-state index is 9.94. The van der Waals surface area contributed by atoms with Crippen LogP contribution in [0.25, 0.3) is 0 Å². The SMILES string of the molecule is CC=CC(C)CC([O])=O. The Morgan fingerprint density at radius 1 is 1.67 bits per heavy atom. The van der Waals surface area contributed by atoms with Gasteiger partial charge in [0.15, 0.2) is 0 Å². The highest BCUT2D eigenvalue weighted by molar-refractivity contribution is 5.66. The van der Waals surface area contributed by atoms with Crippen molar-refractivity contribution >= 4 is 5.97 Å². The molecule has 0 aromatic carbocycles. The minimum atomic E-state index is -0.986. The molecular formula is C7H11O2. The third-order valence-corrected chi connectivity index (χ3v) is 1.01. The maximum Gasteiger partial charge on any atom is 0.356 e. The molecule has 0 amide bonds. The number of carbonyl (C=O) groups is 1. The van der Waals surface area contributed by atoms with E-state index in [0.29, 0.717) is 0 Å². The first-order valence-electron chi connectivity index (χ1n) is 2.99. The van der Waals surface area contributed by atoms with Crippen LogP contribution in [0.15, 0.2) is 12.2 Å². The number of hydrogen-bond acceptors (Lipinski definition) is 1. The molecule has 0 fully saturated rings. The summed E-state index contributed by atoms with van der Waals surface area (Å²) in [6.07, 6.45) is 3.80. The van der Waals surface area contributed by atoms with Gasteiger partial charge in [-0.1, -0.05) is 19.1 Å². The Morgan fingerprint density at radius 2 is 2.22 bits per heavy atom. The Morgan fingerprint density at radius 3 is 2.56 bits per heavy atom. The molecule has 0 saturated heterocycles. The number of carbonyl (C=O) groups excluding carboxylic acids is 1. The summed E-state index contributed by atoms with van der Waals surface area (Å²) in [5, 5.41) is 9.94. The van der Waals surface area contributed by atoms with Gasteiger partial charge in [0.05, 0.1) is 6.42 Å². The third kappa shape index (κ3) is 5.07. The minimum absolute atomic E-state index is 0.0972. The molecule has 0 N–H and O–H groups in total. The third-order valence-electron chi connectivity index (χ3n) is 1.01. The summed E-state index contributed by atoms with van der Waals surface area (Å²) in [7, 11) is 0. The van der Waals surface area contributed by atoms with Crippen molar-refractivity contribution in [2.75, 3.05) is 0 Å². The van der Waals surface area contributed by atoms with Crippen molar-refractivity contribution in [1.82, 2.24) is 0 Å². The van der Waals surface area contributed by atoms with E-state index in [-0.39, 0.29) is 12.3 Å². The van der Waals surface area contributed by atoms with Crippen LogP contribution in [0.1, 0.15) is 20.3 Å². The fraction of sp³-hybridized carbons (Fsp3) is 0.571. The zero-order valence-corrected chi connectivity index (χ0v) is 5.76. The lowest BCUT2D eigenvalue weighted by Gasteiger charge is -1.96. The first kappa shape index (κ1) is 8.21. The van der Waals surface area contributed by atoms with E-state index in [1.54, 1.807) is 0 Å². The second kappa shape index (κ2) is 4.13. The zero-order valence-electron chi connectivity index (χ0n) is 5.76. The largest absolute Gasteiger partial charge is 0.356 e. The van der Waals surface area contributed by atoms with Gasteiger partial charge in [0.1, 0.15) is 0 Å². The number of allylic oxidation sites excluding steroid dienone is 2. The average molecular weight is 127 g/mol. The topological polar surface area (TPSA) is 37.0 Å². The fourth-order valence-corrected chi connectivity index (χ4v) is 0.659. The summed E-state index contributed by atoms with van der Waals surface area (Å²) >= 11 is 0. The van der Waals surface area contributed by atoms with Crippen LogP contribution < -0.4 is 0 Å². The normalized spacial score (nSPS) is 14.0. The molecule has 0 aromatic rings. The van der Waals surface area contributed by atoms with Gasteiger partial charge >= 0.3 is 5.97 Å². The second-order valence-electron chi connectivity index (χ2n) is 2.08. The van der Waals surface area contributed by atoms with Crippen LogP contribution in [-0.2, 0) is 9.90 Å². The molecule has 1 radical (unpaired) electrons. The summed E-state index contributed by atoms with van der Waals surface area (Å²) in [5.74, 6) is -0.888. The molecule has 2 heteroatoms. The Labute approximate surface area is 55.2 Å². The lowest BCUT2D eigenvalue weighted by Crippen LogP contribution is -1.99. The molecule has 1 atom stereocenters. The van der Waals surface area contributed by atoms with Gasteiger partial charge in [-0.05, 0) is 12.8 Å². The van der Waals surface area contributed by atoms with Crippen molar-refractivity contribution in [3.8, 4) is 0 Å². The van der Waals surface area contributed by atoms with Gasteiger partial charge in [-0.3, -0.25) is 0 Å². The van der Waals surface area contributed by atoms with Gasteiger partial charge < -0.3 is 0 Å². The molecule has 0 heterocycles.